The summed E-state index contributed by atoms with van der Waals surface area (Å²) in [5.41, 5.74) is 3.01. The fourth-order valence-corrected chi connectivity index (χ4v) is 2.08. The maximum Gasteiger partial charge on any atom is 0.251 e. The largest absolute Gasteiger partial charge is 0.468 e. The molecule has 1 atom stereocenters. The zero-order chi connectivity index (χ0) is 14.5. The second kappa shape index (κ2) is 6.42. The second-order valence-electron chi connectivity index (χ2n) is 5.28. The van der Waals surface area contributed by atoms with Gasteiger partial charge in [-0.15, -0.1) is 0 Å². The molecule has 1 aromatic rings. The zero-order valence-electron chi connectivity index (χ0n) is 12.3. The molecular weight excluding hydrogens is 250 g/mol. The van der Waals surface area contributed by atoms with E-state index in [1.165, 1.54) is 5.57 Å². The molecule has 2 rings (SSSR count). The maximum atomic E-state index is 12.1. The Hall–Kier alpha value is -2.03. The first-order chi connectivity index (χ1) is 9.58. The highest BCUT2D eigenvalue weighted by molar-refractivity contribution is 5.94. The van der Waals surface area contributed by atoms with Crippen molar-refractivity contribution in [2.24, 2.45) is 5.92 Å². The molecule has 0 radical (unpaired) electrons. The Morgan fingerprint density at radius 3 is 2.70 bits per heavy atom. The third-order valence-electron chi connectivity index (χ3n) is 3.70. The molecule has 0 aliphatic carbocycles. The monoisotopic (exact) mass is 271 g/mol. The van der Waals surface area contributed by atoms with Crippen LogP contribution in [0, 0.1) is 12.8 Å². The van der Waals surface area contributed by atoms with Crippen LogP contribution in [0.3, 0.4) is 0 Å². The van der Waals surface area contributed by atoms with Crippen molar-refractivity contribution in [1.82, 2.24) is 5.32 Å². The standard InChI is InChI=1S/C17H21NO2/c1-12-6-8-15(9-7-12)17(19)18-11-16-14(3)13(2)5-4-10-20-16/h4,6-10,13H,5,11H2,1-3H3,(H,18,19). The molecule has 0 aromatic heterocycles. The van der Waals surface area contributed by atoms with Gasteiger partial charge in [0.2, 0.25) is 0 Å². The minimum atomic E-state index is -0.0743. The highest BCUT2D eigenvalue weighted by Gasteiger charge is 2.14. The molecule has 0 bridgehead atoms. The summed E-state index contributed by atoms with van der Waals surface area (Å²) in [7, 11) is 0. The number of amides is 1. The molecule has 1 unspecified atom stereocenters. The number of rotatable bonds is 3. The van der Waals surface area contributed by atoms with Crippen LogP contribution in [0.4, 0.5) is 0 Å². The molecule has 0 saturated carbocycles. The number of ether oxygens (including phenoxy) is 1. The van der Waals surface area contributed by atoms with Crippen molar-refractivity contribution in [3.05, 3.63) is 59.1 Å². The molecule has 1 aliphatic heterocycles. The van der Waals surface area contributed by atoms with Crippen LogP contribution < -0.4 is 5.32 Å². The van der Waals surface area contributed by atoms with Gasteiger partial charge in [0.1, 0.15) is 5.76 Å². The van der Waals surface area contributed by atoms with Gasteiger partial charge in [0.25, 0.3) is 5.91 Å². The SMILES string of the molecule is CC1=C(CNC(=O)c2ccc(C)cc2)OC=CCC1C. The van der Waals surface area contributed by atoms with E-state index in [9.17, 15) is 4.79 Å². The molecule has 1 aliphatic rings. The Balaban J connectivity index is 2.00. The molecule has 106 valence electrons. The van der Waals surface area contributed by atoms with E-state index in [2.05, 4.69) is 19.2 Å². The summed E-state index contributed by atoms with van der Waals surface area (Å²) in [6.45, 7) is 6.65. The third-order valence-corrected chi connectivity index (χ3v) is 3.70. The molecule has 0 spiro atoms. The Labute approximate surface area is 120 Å². The van der Waals surface area contributed by atoms with Crippen molar-refractivity contribution in [3.8, 4) is 0 Å². The van der Waals surface area contributed by atoms with E-state index >= 15 is 0 Å². The first-order valence-electron chi connectivity index (χ1n) is 6.94. The summed E-state index contributed by atoms with van der Waals surface area (Å²) in [4.78, 5) is 12.1. The number of carbonyl (C=O) groups excluding carboxylic acids is 1. The average molecular weight is 271 g/mol. The van der Waals surface area contributed by atoms with Crippen molar-refractivity contribution >= 4 is 5.91 Å². The molecular formula is C17H21NO2. The number of aryl methyl sites for hydroxylation is 1. The van der Waals surface area contributed by atoms with Crippen molar-refractivity contribution in [2.45, 2.75) is 27.2 Å². The van der Waals surface area contributed by atoms with Crippen LogP contribution in [0.15, 0.2) is 47.9 Å². The topological polar surface area (TPSA) is 38.3 Å². The quantitative estimate of drug-likeness (QED) is 0.912. The zero-order valence-corrected chi connectivity index (χ0v) is 12.3. The molecule has 20 heavy (non-hydrogen) atoms. The smallest absolute Gasteiger partial charge is 0.251 e. The van der Waals surface area contributed by atoms with Gasteiger partial charge in [-0.3, -0.25) is 4.79 Å². The third kappa shape index (κ3) is 3.50. The van der Waals surface area contributed by atoms with Gasteiger partial charge in [-0.2, -0.15) is 0 Å². The van der Waals surface area contributed by atoms with Crippen LogP contribution in [0.2, 0.25) is 0 Å². The lowest BCUT2D eigenvalue weighted by molar-refractivity contribution is 0.0951. The van der Waals surface area contributed by atoms with Crippen LogP contribution in [0.5, 0.6) is 0 Å². The van der Waals surface area contributed by atoms with E-state index < -0.39 is 0 Å². The van der Waals surface area contributed by atoms with Gasteiger partial charge in [-0.05, 0) is 50.0 Å². The van der Waals surface area contributed by atoms with Gasteiger partial charge in [0.05, 0.1) is 12.8 Å². The lowest BCUT2D eigenvalue weighted by atomic mass is 9.98. The average Bonchev–Trinajstić information content (AvgIpc) is 2.60. The minimum absolute atomic E-state index is 0.0743. The van der Waals surface area contributed by atoms with Crippen molar-refractivity contribution < 1.29 is 9.53 Å². The van der Waals surface area contributed by atoms with Crippen molar-refractivity contribution in [3.63, 3.8) is 0 Å². The predicted octanol–water partition coefficient (Wildman–Crippen LogP) is 3.57. The number of carbonyl (C=O) groups is 1. The highest BCUT2D eigenvalue weighted by atomic mass is 16.5. The summed E-state index contributed by atoms with van der Waals surface area (Å²) in [6.07, 6.45) is 4.70. The van der Waals surface area contributed by atoms with Gasteiger partial charge in [-0.25, -0.2) is 0 Å². The second-order valence-corrected chi connectivity index (χ2v) is 5.28. The molecule has 1 amide bonds. The van der Waals surface area contributed by atoms with E-state index in [1.807, 2.05) is 37.3 Å². The van der Waals surface area contributed by atoms with E-state index in [1.54, 1.807) is 6.26 Å². The van der Waals surface area contributed by atoms with Crippen LogP contribution in [0.25, 0.3) is 0 Å². The number of nitrogens with one attached hydrogen (secondary N) is 1. The Kier molecular flexibility index (Phi) is 4.61. The minimum Gasteiger partial charge on any atom is -0.468 e. The summed E-state index contributed by atoms with van der Waals surface area (Å²) < 4.78 is 5.58. The normalized spacial score (nSPS) is 18.4. The predicted molar refractivity (Wildman–Crippen MR) is 80.2 cm³/mol. The Morgan fingerprint density at radius 2 is 2.00 bits per heavy atom. The summed E-state index contributed by atoms with van der Waals surface area (Å²) in [5, 5.41) is 2.91. The number of allylic oxidation sites excluding steroid dienone is 2. The first-order valence-corrected chi connectivity index (χ1v) is 6.94. The molecule has 1 N–H and O–H groups in total. The Morgan fingerprint density at radius 1 is 1.30 bits per heavy atom. The lowest BCUT2D eigenvalue weighted by Crippen LogP contribution is -2.26. The molecule has 1 aromatic carbocycles. The summed E-state index contributed by atoms with van der Waals surface area (Å²) in [6, 6.07) is 7.55. The number of hydrogen-bond donors (Lipinski definition) is 1. The van der Waals surface area contributed by atoms with Crippen LogP contribution in [-0.4, -0.2) is 12.5 Å². The van der Waals surface area contributed by atoms with Crippen molar-refractivity contribution in [1.29, 1.82) is 0 Å². The van der Waals surface area contributed by atoms with Crippen LogP contribution in [-0.2, 0) is 4.74 Å². The summed E-state index contributed by atoms with van der Waals surface area (Å²) in [5.74, 6) is 1.21. The molecule has 0 fully saturated rings. The highest BCUT2D eigenvalue weighted by Crippen LogP contribution is 2.22. The molecule has 1 heterocycles. The summed E-state index contributed by atoms with van der Waals surface area (Å²) >= 11 is 0. The van der Waals surface area contributed by atoms with E-state index in [0.717, 1.165) is 17.7 Å². The molecule has 0 saturated heterocycles. The van der Waals surface area contributed by atoms with Gasteiger partial charge in [-0.1, -0.05) is 24.6 Å². The fourth-order valence-electron chi connectivity index (χ4n) is 2.08. The van der Waals surface area contributed by atoms with Crippen LogP contribution >= 0.6 is 0 Å². The van der Waals surface area contributed by atoms with Gasteiger partial charge in [0, 0.05) is 5.56 Å². The number of hydrogen-bond acceptors (Lipinski definition) is 2. The van der Waals surface area contributed by atoms with Crippen molar-refractivity contribution in [2.75, 3.05) is 6.54 Å². The lowest BCUT2D eigenvalue weighted by Gasteiger charge is -2.14. The number of benzene rings is 1. The molecule has 3 heteroatoms. The molecule has 3 nitrogen and oxygen atoms in total. The van der Waals surface area contributed by atoms with Crippen LogP contribution in [0.1, 0.15) is 36.2 Å². The van der Waals surface area contributed by atoms with E-state index in [0.29, 0.717) is 18.0 Å². The van der Waals surface area contributed by atoms with E-state index in [-0.39, 0.29) is 5.91 Å². The van der Waals surface area contributed by atoms with E-state index in [4.69, 9.17) is 4.74 Å². The maximum absolute atomic E-state index is 12.1. The first kappa shape index (κ1) is 14.4. The van der Waals surface area contributed by atoms with Gasteiger partial charge >= 0.3 is 0 Å². The Bertz CT molecular complexity index is 541. The van der Waals surface area contributed by atoms with Gasteiger partial charge < -0.3 is 10.1 Å². The van der Waals surface area contributed by atoms with Gasteiger partial charge in [0.15, 0.2) is 0 Å². The fraction of sp³-hybridized carbons (Fsp3) is 0.353.